The molecule has 3 rings (SSSR count). The lowest BCUT2D eigenvalue weighted by Crippen LogP contribution is -2.04. The van der Waals surface area contributed by atoms with Crippen LogP contribution in [0, 0.1) is 0 Å². The number of anilines is 2. The van der Waals surface area contributed by atoms with Crippen LogP contribution in [-0.4, -0.2) is 22.8 Å². The van der Waals surface area contributed by atoms with Crippen LogP contribution in [0.3, 0.4) is 0 Å². The van der Waals surface area contributed by atoms with Gasteiger partial charge in [-0.15, -0.1) is 0 Å². The molecule has 0 radical (unpaired) electrons. The summed E-state index contributed by atoms with van der Waals surface area (Å²) in [5.74, 6) is -0.302. The van der Waals surface area contributed by atoms with Crippen LogP contribution in [0.1, 0.15) is 17.3 Å². The van der Waals surface area contributed by atoms with E-state index in [1.807, 2.05) is 30.3 Å². The van der Waals surface area contributed by atoms with Crippen LogP contribution >= 0.6 is 0 Å². The monoisotopic (exact) mass is 281 g/mol. The molecule has 0 amide bonds. The first-order valence-electron chi connectivity index (χ1n) is 6.73. The van der Waals surface area contributed by atoms with Crippen molar-refractivity contribution in [2.45, 2.75) is 6.92 Å². The summed E-state index contributed by atoms with van der Waals surface area (Å²) in [6.07, 6.45) is 1.78. The molecule has 5 heteroatoms. The molecule has 0 saturated heterocycles. The number of aromatic nitrogens is 2. The van der Waals surface area contributed by atoms with Crippen molar-refractivity contribution in [2.75, 3.05) is 11.9 Å². The summed E-state index contributed by atoms with van der Waals surface area (Å²) in [5, 5.41) is 11.2. The fourth-order valence-corrected chi connectivity index (χ4v) is 2.09. The van der Waals surface area contributed by atoms with E-state index >= 15 is 0 Å². The smallest absolute Gasteiger partial charge is 0.338 e. The van der Waals surface area contributed by atoms with Crippen molar-refractivity contribution >= 4 is 28.2 Å². The average molecular weight is 281 g/mol. The lowest BCUT2D eigenvalue weighted by Gasteiger charge is -2.07. The maximum absolute atomic E-state index is 11.6. The summed E-state index contributed by atoms with van der Waals surface area (Å²) in [5.41, 5.74) is 3.42. The topological polar surface area (TPSA) is 67.0 Å². The largest absolute Gasteiger partial charge is 0.462 e. The number of benzene rings is 2. The van der Waals surface area contributed by atoms with Crippen molar-refractivity contribution in [3.63, 3.8) is 0 Å². The molecule has 0 fully saturated rings. The molecule has 2 aromatic carbocycles. The van der Waals surface area contributed by atoms with Crippen LogP contribution in [0.25, 0.3) is 10.9 Å². The molecule has 0 atom stereocenters. The molecule has 3 aromatic rings. The molecule has 0 saturated carbocycles. The number of fused-ring (bicyclic) bond motifs is 1. The Morgan fingerprint density at radius 2 is 1.95 bits per heavy atom. The Morgan fingerprint density at radius 3 is 2.71 bits per heavy atom. The molecule has 0 aliphatic heterocycles. The number of carbonyl (C=O) groups is 1. The number of aromatic amines is 1. The zero-order chi connectivity index (χ0) is 14.7. The van der Waals surface area contributed by atoms with E-state index in [9.17, 15) is 4.79 Å². The molecule has 0 aliphatic rings. The quantitative estimate of drug-likeness (QED) is 0.718. The van der Waals surface area contributed by atoms with Crippen molar-refractivity contribution < 1.29 is 9.53 Å². The minimum Gasteiger partial charge on any atom is -0.462 e. The molecule has 0 bridgehead atoms. The first-order valence-corrected chi connectivity index (χ1v) is 6.73. The Morgan fingerprint density at radius 1 is 1.19 bits per heavy atom. The van der Waals surface area contributed by atoms with E-state index in [0.29, 0.717) is 12.2 Å². The summed E-state index contributed by atoms with van der Waals surface area (Å²) in [6, 6.07) is 13.2. The van der Waals surface area contributed by atoms with Crippen molar-refractivity contribution in [3.05, 3.63) is 54.2 Å². The molecule has 0 spiro atoms. The van der Waals surface area contributed by atoms with Gasteiger partial charge in [-0.25, -0.2) is 4.79 Å². The van der Waals surface area contributed by atoms with E-state index in [4.69, 9.17) is 4.74 Å². The van der Waals surface area contributed by atoms with Gasteiger partial charge in [0.2, 0.25) is 0 Å². The molecule has 106 valence electrons. The van der Waals surface area contributed by atoms with Crippen LogP contribution in [0.2, 0.25) is 0 Å². The first kappa shape index (κ1) is 13.2. The second kappa shape index (κ2) is 5.66. The molecule has 21 heavy (non-hydrogen) atoms. The average Bonchev–Trinajstić information content (AvgIpc) is 2.96. The van der Waals surface area contributed by atoms with Crippen molar-refractivity contribution in [1.82, 2.24) is 10.2 Å². The van der Waals surface area contributed by atoms with Crippen LogP contribution in [0.4, 0.5) is 11.4 Å². The summed E-state index contributed by atoms with van der Waals surface area (Å²) in [6.45, 7) is 2.17. The van der Waals surface area contributed by atoms with Crippen LogP contribution in [0.5, 0.6) is 0 Å². The van der Waals surface area contributed by atoms with E-state index in [1.165, 1.54) is 0 Å². The molecule has 5 nitrogen and oxygen atoms in total. The number of carbonyl (C=O) groups excluding carboxylic acids is 1. The van der Waals surface area contributed by atoms with Gasteiger partial charge >= 0.3 is 5.97 Å². The van der Waals surface area contributed by atoms with Crippen LogP contribution in [-0.2, 0) is 4.74 Å². The van der Waals surface area contributed by atoms with E-state index in [2.05, 4.69) is 15.5 Å². The van der Waals surface area contributed by atoms with Gasteiger partial charge in [0.15, 0.2) is 0 Å². The zero-order valence-electron chi connectivity index (χ0n) is 11.6. The van der Waals surface area contributed by atoms with Crippen LogP contribution < -0.4 is 5.32 Å². The summed E-state index contributed by atoms with van der Waals surface area (Å²) >= 11 is 0. The SMILES string of the molecule is CCOC(=O)c1ccc(Nc2ccc3[nH]ncc3c2)cc1. The van der Waals surface area contributed by atoms with Crippen molar-refractivity contribution in [1.29, 1.82) is 0 Å². The summed E-state index contributed by atoms with van der Waals surface area (Å²) in [4.78, 5) is 11.6. The number of H-pyrrole nitrogens is 1. The number of nitrogens with zero attached hydrogens (tertiary/aromatic N) is 1. The minimum atomic E-state index is -0.302. The third-order valence-corrected chi connectivity index (χ3v) is 3.12. The second-order valence-corrected chi connectivity index (χ2v) is 4.59. The van der Waals surface area contributed by atoms with E-state index in [0.717, 1.165) is 22.3 Å². The van der Waals surface area contributed by atoms with Gasteiger partial charge in [0.05, 0.1) is 23.9 Å². The number of nitrogens with one attached hydrogen (secondary N) is 2. The molecule has 0 unspecified atom stereocenters. The van der Waals surface area contributed by atoms with E-state index in [-0.39, 0.29) is 5.97 Å². The second-order valence-electron chi connectivity index (χ2n) is 4.59. The standard InChI is InChI=1S/C16H15N3O2/c1-2-21-16(20)11-3-5-13(6-4-11)18-14-7-8-15-12(9-14)10-17-19-15/h3-10,18H,2H2,1H3,(H,17,19). The third-order valence-electron chi connectivity index (χ3n) is 3.12. The number of hydrogen-bond donors (Lipinski definition) is 2. The predicted molar refractivity (Wildman–Crippen MR) is 81.8 cm³/mol. The molecule has 0 aliphatic carbocycles. The van der Waals surface area contributed by atoms with Gasteiger partial charge < -0.3 is 10.1 Å². The zero-order valence-corrected chi connectivity index (χ0v) is 11.6. The Balaban J connectivity index is 1.76. The Bertz CT molecular complexity index is 763. The summed E-state index contributed by atoms with van der Waals surface area (Å²) in [7, 11) is 0. The molecular weight excluding hydrogens is 266 g/mol. The minimum absolute atomic E-state index is 0.302. The Labute approximate surface area is 121 Å². The lowest BCUT2D eigenvalue weighted by atomic mass is 10.2. The maximum atomic E-state index is 11.6. The lowest BCUT2D eigenvalue weighted by molar-refractivity contribution is 0.0526. The highest BCUT2D eigenvalue weighted by atomic mass is 16.5. The van der Waals surface area contributed by atoms with Gasteiger partial charge in [0, 0.05) is 16.8 Å². The molecule has 1 heterocycles. The highest BCUT2D eigenvalue weighted by Gasteiger charge is 2.05. The summed E-state index contributed by atoms with van der Waals surface area (Å²) < 4.78 is 4.96. The Hall–Kier alpha value is -2.82. The number of rotatable bonds is 4. The van der Waals surface area contributed by atoms with Crippen molar-refractivity contribution in [3.8, 4) is 0 Å². The van der Waals surface area contributed by atoms with Crippen LogP contribution in [0.15, 0.2) is 48.7 Å². The van der Waals surface area contributed by atoms with Gasteiger partial charge in [-0.2, -0.15) is 5.10 Å². The molecule has 2 N–H and O–H groups in total. The fraction of sp³-hybridized carbons (Fsp3) is 0.125. The maximum Gasteiger partial charge on any atom is 0.338 e. The van der Waals surface area contributed by atoms with Gasteiger partial charge in [0.1, 0.15) is 0 Å². The normalized spacial score (nSPS) is 10.5. The number of hydrogen-bond acceptors (Lipinski definition) is 4. The van der Waals surface area contributed by atoms with Crippen molar-refractivity contribution in [2.24, 2.45) is 0 Å². The van der Waals surface area contributed by atoms with Gasteiger partial charge in [-0.1, -0.05) is 0 Å². The number of esters is 1. The number of ether oxygens (including phenoxy) is 1. The van der Waals surface area contributed by atoms with E-state index < -0.39 is 0 Å². The van der Waals surface area contributed by atoms with Gasteiger partial charge in [0.25, 0.3) is 0 Å². The molecular formula is C16H15N3O2. The predicted octanol–water partition coefficient (Wildman–Crippen LogP) is 3.48. The Kier molecular flexibility index (Phi) is 3.55. The van der Waals surface area contributed by atoms with E-state index in [1.54, 1.807) is 25.3 Å². The first-order chi connectivity index (χ1) is 10.3. The highest BCUT2D eigenvalue weighted by molar-refractivity contribution is 5.90. The van der Waals surface area contributed by atoms with Gasteiger partial charge in [-0.05, 0) is 49.4 Å². The fourth-order valence-electron chi connectivity index (χ4n) is 2.09. The molecule has 1 aromatic heterocycles. The highest BCUT2D eigenvalue weighted by Crippen LogP contribution is 2.21. The third kappa shape index (κ3) is 2.86. The van der Waals surface area contributed by atoms with Gasteiger partial charge in [-0.3, -0.25) is 5.10 Å².